The number of H-pyrrole nitrogens is 1. The standard InChI is InChI=1S/C10H15N3/c11-9-5-8(12-13-9)10-6-3-1-2-4-7(6)10/h5-7,10H,1-4H2,(H3,11,12,13). The molecule has 1 aromatic rings. The fourth-order valence-electron chi connectivity index (χ4n) is 2.98. The highest BCUT2D eigenvalue weighted by Crippen LogP contribution is 2.60. The first-order valence-corrected chi connectivity index (χ1v) is 5.17. The molecule has 1 heterocycles. The van der Waals surface area contributed by atoms with E-state index in [1.165, 1.54) is 31.4 Å². The van der Waals surface area contributed by atoms with Crippen LogP contribution in [0.1, 0.15) is 37.3 Å². The molecule has 0 aliphatic heterocycles. The number of nitrogens with one attached hydrogen (secondary N) is 1. The van der Waals surface area contributed by atoms with Crippen LogP contribution in [0.3, 0.4) is 0 Å². The predicted molar refractivity (Wildman–Crippen MR) is 51.2 cm³/mol. The summed E-state index contributed by atoms with van der Waals surface area (Å²) >= 11 is 0. The van der Waals surface area contributed by atoms with Crippen molar-refractivity contribution in [3.05, 3.63) is 11.8 Å². The summed E-state index contributed by atoms with van der Waals surface area (Å²) in [6.45, 7) is 0. The maximum absolute atomic E-state index is 5.59. The van der Waals surface area contributed by atoms with Crippen molar-refractivity contribution in [1.29, 1.82) is 0 Å². The first-order valence-electron chi connectivity index (χ1n) is 5.17. The Morgan fingerprint density at radius 1 is 1.31 bits per heavy atom. The zero-order chi connectivity index (χ0) is 8.84. The van der Waals surface area contributed by atoms with Crippen molar-refractivity contribution in [2.75, 3.05) is 5.73 Å². The van der Waals surface area contributed by atoms with Crippen molar-refractivity contribution in [2.45, 2.75) is 31.6 Å². The van der Waals surface area contributed by atoms with Gasteiger partial charge in [0.25, 0.3) is 0 Å². The summed E-state index contributed by atoms with van der Waals surface area (Å²) in [6.07, 6.45) is 5.66. The second-order valence-electron chi connectivity index (χ2n) is 4.39. The van der Waals surface area contributed by atoms with E-state index in [1.807, 2.05) is 6.07 Å². The van der Waals surface area contributed by atoms with Gasteiger partial charge in [0, 0.05) is 17.7 Å². The third-order valence-corrected chi connectivity index (χ3v) is 3.63. The Kier molecular flexibility index (Phi) is 1.43. The van der Waals surface area contributed by atoms with Gasteiger partial charge in [0.15, 0.2) is 0 Å². The quantitative estimate of drug-likeness (QED) is 0.688. The molecule has 70 valence electrons. The molecule has 0 aromatic carbocycles. The van der Waals surface area contributed by atoms with E-state index in [0.29, 0.717) is 5.82 Å². The average Bonchev–Trinajstić information content (AvgIpc) is 2.73. The smallest absolute Gasteiger partial charge is 0.145 e. The van der Waals surface area contributed by atoms with Gasteiger partial charge in [-0.05, 0) is 24.7 Å². The number of rotatable bonds is 1. The van der Waals surface area contributed by atoms with E-state index in [1.54, 1.807) is 0 Å². The lowest BCUT2D eigenvalue weighted by atomic mass is 10.0. The maximum atomic E-state index is 5.59. The first kappa shape index (κ1) is 7.42. The van der Waals surface area contributed by atoms with Crippen molar-refractivity contribution in [2.24, 2.45) is 11.8 Å². The molecule has 0 saturated heterocycles. The lowest BCUT2D eigenvalue weighted by molar-refractivity contribution is 0.480. The fourth-order valence-corrected chi connectivity index (χ4v) is 2.98. The summed E-state index contributed by atoms with van der Waals surface area (Å²) in [5.41, 5.74) is 6.86. The summed E-state index contributed by atoms with van der Waals surface area (Å²) in [4.78, 5) is 0. The molecule has 2 saturated carbocycles. The van der Waals surface area contributed by atoms with Crippen LogP contribution in [-0.4, -0.2) is 10.2 Å². The minimum Gasteiger partial charge on any atom is -0.382 e. The van der Waals surface area contributed by atoms with Crippen molar-refractivity contribution < 1.29 is 0 Å². The minimum absolute atomic E-state index is 0.638. The molecule has 0 spiro atoms. The molecule has 2 aliphatic rings. The average molecular weight is 177 g/mol. The molecule has 0 radical (unpaired) electrons. The molecule has 2 atom stereocenters. The summed E-state index contributed by atoms with van der Waals surface area (Å²) in [5.74, 6) is 3.27. The topological polar surface area (TPSA) is 54.7 Å². The summed E-state index contributed by atoms with van der Waals surface area (Å²) in [5, 5.41) is 7.04. The molecule has 3 N–H and O–H groups in total. The van der Waals surface area contributed by atoms with Gasteiger partial charge in [-0.25, -0.2) is 0 Å². The van der Waals surface area contributed by atoms with E-state index in [2.05, 4.69) is 10.2 Å². The monoisotopic (exact) mass is 177 g/mol. The van der Waals surface area contributed by atoms with Crippen molar-refractivity contribution in [3.63, 3.8) is 0 Å². The third kappa shape index (κ3) is 1.06. The number of nitrogens with two attached hydrogens (primary N) is 1. The van der Waals surface area contributed by atoms with E-state index in [-0.39, 0.29) is 0 Å². The summed E-state index contributed by atoms with van der Waals surface area (Å²) in [6, 6.07) is 2.00. The van der Waals surface area contributed by atoms with Gasteiger partial charge in [0.05, 0.1) is 0 Å². The molecule has 3 heteroatoms. The molecule has 1 aromatic heterocycles. The van der Waals surface area contributed by atoms with E-state index >= 15 is 0 Å². The summed E-state index contributed by atoms with van der Waals surface area (Å²) < 4.78 is 0. The molecular weight excluding hydrogens is 162 g/mol. The zero-order valence-electron chi connectivity index (χ0n) is 7.66. The number of fused-ring (bicyclic) bond motifs is 1. The van der Waals surface area contributed by atoms with Crippen LogP contribution in [0.5, 0.6) is 0 Å². The highest BCUT2D eigenvalue weighted by Gasteiger charge is 2.51. The third-order valence-electron chi connectivity index (χ3n) is 3.63. The molecular formula is C10H15N3. The Hall–Kier alpha value is -0.990. The molecule has 2 fully saturated rings. The first-order chi connectivity index (χ1) is 6.36. The van der Waals surface area contributed by atoms with Crippen LogP contribution in [0.15, 0.2) is 6.07 Å². The van der Waals surface area contributed by atoms with Gasteiger partial charge >= 0.3 is 0 Å². The van der Waals surface area contributed by atoms with E-state index < -0.39 is 0 Å². The maximum Gasteiger partial charge on any atom is 0.145 e. The lowest BCUT2D eigenvalue weighted by Crippen LogP contribution is -1.91. The van der Waals surface area contributed by atoms with Crippen molar-refractivity contribution in [1.82, 2.24) is 10.2 Å². The van der Waals surface area contributed by atoms with Gasteiger partial charge in [0.1, 0.15) is 5.82 Å². The van der Waals surface area contributed by atoms with Gasteiger partial charge < -0.3 is 5.73 Å². The van der Waals surface area contributed by atoms with Crippen LogP contribution in [0.2, 0.25) is 0 Å². The SMILES string of the molecule is Nc1cc(C2C3CCCCC32)[nH]n1. The van der Waals surface area contributed by atoms with E-state index in [4.69, 9.17) is 5.73 Å². The molecule has 3 nitrogen and oxygen atoms in total. The number of aromatic amines is 1. The Bertz CT molecular complexity index is 306. The van der Waals surface area contributed by atoms with Gasteiger partial charge in [-0.1, -0.05) is 12.8 Å². The highest BCUT2D eigenvalue weighted by atomic mass is 15.2. The Morgan fingerprint density at radius 3 is 2.54 bits per heavy atom. The number of nitrogen functional groups attached to an aromatic ring is 1. The second-order valence-corrected chi connectivity index (χ2v) is 4.39. The fraction of sp³-hybridized carbons (Fsp3) is 0.700. The van der Waals surface area contributed by atoms with Gasteiger partial charge in [-0.2, -0.15) is 5.10 Å². The highest BCUT2D eigenvalue weighted by molar-refractivity contribution is 5.34. The number of nitrogens with zero attached hydrogens (tertiary/aromatic N) is 1. The van der Waals surface area contributed by atoms with Crippen LogP contribution >= 0.6 is 0 Å². The molecule has 0 bridgehead atoms. The van der Waals surface area contributed by atoms with E-state index in [9.17, 15) is 0 Å². The van der Waals surface area contributed by atoms with Crippen LogP contribution < -0.4 is 5.73 Å². The van der Waals surface area contributed by atoms with E-state index in [0.717, 1.165) is 17.8 Å². The molecule has 2 aliphatic carbocycles. The minimum atomic E-state index is 0.638. The number of hydrogen-bond acceptors (Lipinski definition) is 2. The van der Waals surface area contributed by atoms with Gasteiger partial charge in [-0.15, -0.1) is 0 Å². The molecule has 2 unspecified atom stereocenters. The van der Waals surface area contributed by atoms with Gasteiger partial charge in [0.2, 0.25) is 0 Å². The number of hydrogen-bond donors (Lipinski definition) is 2. The Balaban J connectivity index is 1.81. The van der Waals surface area contributed by atoms with Crippen molar-refractivity contribution >= 4 is 5.82 Å². The largest absolute Gasteiger partial charge is 0.382 e. The van der Waals surface area contributed by atoms with Crippen LogP contribution in [-0.2, 0) is 0 Å². The van der Waals surface area contributed by atoms with Crippen LogP contribution in [0.4, 0.5) is 5.82 Å². The lowest BCUT2D eigenvalue weighted by Gasteiger charge is -2.04. The Morgan fingerprint density at radius 2 is 2.00 bits per heavy atom. The Labute approximate surface area is 77.7 Å². The van der Waals surface area contributed by atoms with Gasteiger partial charge in [-0.3, -0.25) is 5.10 Å². The zero-order valence-corrected chi connectivity index (χ0v) is 7.66. The second kappa shape index (κ2) is 2.50. The molecule has 3 rings (SSSR count). The van der Waals surface area contributed by atoms with Crippen molar-refractivity contribution in [3.8, 4) is 0 Å². The molecule has 0 amide bonds. The summed E-state index contributed by atoms with van der Waals surface area (Å²) in [7, 11) is 0. The van der Waals surface area contributed by atoms with Crippen LogP contribution in [0.25, 0.3) is 0 Å². The van der Waals surface area contributed by atoms with Crippen LogP contribution in [0, 0.1) is 11.8 Å². The predicted octanol–water partition coefficient (Wildman–Crippen LogP) is 1.90. The normalized spacial score (nSPS) is 37.1. The number of anilines is 1. The molecule has 13 heavy (non-hydrogen) atoms. The number of aromatic nitrogens is 2.